The average Bonchev–Trinajstić information content (AvgIpc) is 2.57. The van der Waals surface area contributed by atoms with Gasteiger partial charge in [0.25, 0.3) is 0 Å². The van der Waals surface area contributed by atoms with Crippen LogP contribution in [-0.4, -0.2) is 11.1 Å². The van der Waals surface area contributed by atoms with Crippen LogP contribution in [0, 0.1) is 11.8 Å². The van der Waals surface area contributed by atoms with E-state index in [1.54, 1.807) is 36.4 Å². The van der Waals surface area contributed by atoms with Crippen LogP contribution in [0.5, 0.6) is 5.75 Å². The molecule has 6 nitrogen and oxygen atoms in total. The Morgan fingerprint density at radius 2 is 1.75 bits per heavy atom. The first kappa shape index (κ1) is 17.2. The molecule has 0 saturated carbocycles. The van der Waals surface area contributed by atoms with E-state index < -0.39 is 11.7 Å². The summed E-state index contributed by atoms with van der Waals surface area (Å²) < 4.78 is 5.35. The van der Waals surface area contributed by atoms with Gasteiger partial charge < -0.3 is 15.6 Å². The number of rotatable bonds is 4. The van der Waals surface area contributed by atoms with Crippen LogP contribution in [0.15, 0.2) is 60.1 Å². The van der Waals surface area contributed by atoms with E-state index in [2.05, 4.69) is 17.3 Å². The summed E-state index contributed by atoms with van der Waals surface area (Å²) in [5.41, 5.74) is 8.40. The summed E-state index contributed by atoms with van der Waals surface area (Å²) in [5, 5.41) is 9.46. The van der Waals surface area contributed by atoms with Gasteiger partial charge in [-0.3, -0.25) is 5.43 Å². The molecule has 0 spiro atoms. The van der Waals surface area contributed by atoms with Gasteiger partial charge in [-0.15, -0.1) is 0 Å². The van der Waals surface area contributed by atoms with Gasteiger partial charge in [-0.1, -0.05) is 35.6 Å². The van der Waals surface area contributed by atoms with E-state index in [9.17, 15) is 4.79 Å². The number of aliphatic carboxylic acids is 1. The quantitative estimate of drug-likeness (QED) is 0.221. The molecule has 0 bridgehead atoms. The molecule has 0 aliphatic heterocycles. The first-order valence-corrected chi connectivity index (χ1v) is 7.12. The third-order valence-electron chi connectivity index (χ3n) is 2.84. The summed E-state index contributed by atoms with van der Waals surface area (Å²) in [4.78, 5) is 10.9. The molecule has 0 saturated heterocycles. The summed E-state index contributed by atoms with van der Waals surface area (Å²) >= 11 is 5.91. The molecule has 0 amide bonds. The summed E-state index contributed by atoms with van der Waals surface area (Å²) in [7, 11) is 0. The molecule has 0 fully saturated rings. The largest absolute Gasteiger partial charge is 0.476 e. The topological polar surface area (TPSA) is 111 Å². The fourth-order valence-corrected chi connectivity index (χ4v) is 1.92. The third-order valence-corrected chi connectivity index (χ3v) is 3.07. The van der Waals surface area contributed by atoms with Crippen LogP contribution in [0.25, 0.3) is 0 Å². The Bertz CT molecular complexity index is 853. The Labute approximate surface area is 143 Å². The maximum absolute atomic E-state index is 10.9. The zero-order valence-electron chi connectivity index (χ0n) is 12.4. The molecule has 2 rings (SSSR count). The van der Waals surface area contributed by atoms with Crippen molar-refractivity contribution in [2.75, 3.05) is 0 Å². The van der Waals surface area contributed by atoms with Crippen molar-refractivity contribution >= 4 is 17.6 Å². The lowest BCUT2D eigenvalue weighted by Gasteiger charge is -2.10. The van der Waals surface area contributed by atoms with Crippen LogP contribution in [0.2, 0.25) is 5.02 Å². The summed E-state index contributed by atoms with van der Waals surface area (Å²) in [6, 6.07) is 13.9. The number of ether oxygens (including phenoxy) is 1. The number of carbonyl (C=O) groups is 1. The van der Waals surface area contributed by atoms with Gasteiger partial charge in [-0.05, 0) is 36.4 Å². The highest BCUT2D eigenvalue weighted by atomic mass is 35.5. The minimum atomic E-state index is -1.35. The maximum atomic E-state index is 10.9. The molecule has 0 atom stereocenters. The van der Waals surface area contributed by atoms with Crippen molar-refractivity contribution < 1.29 is 14.6 Å². The Morgan fingerprint density at radius 3 is 2.33 bits per heavy atom. The van der Waals surface area contributed by atoms with Gasteiger partial charge >= 0.3 is 5.97 Å². The van der Waals surface area contributed by atoms with Gasteiger partial charge in [0.1, 0.15) is 5.75 Å². The monoisotopic (exact) mass is 343 g/mol. The van der Waals surface area contributed by atoms with E-state index in [0.717, 1.165) is 5.56 Å². The van der Waals surface area contributed by atoms with Gasteiger partial charge in [0.05, 0.1) is 0 Å². The second-order valence-electron chi connectivity index (χ2n) is 4.58. The summed E-state index contributed by atoms with van der Waals surface area (Å²) in [6.07, 6.45) is 0. The molecule has 0 aromatic heterocycles. The molecular weight excluding hydrogens is 330 g/mol. The van der Waals surface area contributed by atoms with Crippen molar-refractivity contribution in [2.24, 2.45) is 11.6 Å². The molecule has 6 N–H and O–H groups in total. The molecule has 7 heteroatoms. The van der Waals surface area contributed by atoms with Crippen LogP contribution in [-0.2, 0) is 4.79 Å². The van der Waals surface area contributed by atoms with Gasteiger partial charge in [-0.25, -0.2) is 10.6 Å². The Kier molecular flexibility index (Phi) is 5.68. The number of nitrogens with one attached hydrogen (secondary N) is 1. The predicted molar refractivity (Wildman–Crippen MR) is 90.7 cm³/mol. The molecular formula is C17H14ClN3O3. The number of hydrogen-bond acceptors (Lipinski definition) is 5. The number of hydrogen-bond donors (Lipinski definition) is 4. The van der Waals surface area contributed by atoms with Crippen LogP contribution in [0.3, 0.4) is 0 Å². The lowest BCUT2D eigenvalue weighted by atomic mass is 10.2. The first-order chi connectivity index (χ1) is 11.5. The maximum Gasteiger partial charge on any atom is 0.357 e. The number of hydrazine groups is 1. The van der Waals surface area contributed by atoms with Gasteiger partial charge in [0.15, 0.2) is 5.70 Å². The summed E-state index contributed by atoms with van der Waals surface area (Å²) in [5.74, 6) is 9.90. The van der Waals surface area contributed by atoms with E-state index >= 15 is 0 Å². The molecule has 122 valence electrons. The normalized spacial score (nSPS) is 10.9. The lowest BCUT2D eigenvalue weighted by molar-refractivity contribution is -0.132. The fraction of sp³-hybridized carbons (Fsp3) is 0. The average molecular weight is 344 g/mol. The fourth-order valence-electron chi connectivity index (χ4n) is 1.73. The van der Waals surface area contributed by atoms with Gasteiger partial charge in [-0.2, -0.15) is 0 Å². The zero-order chi connectivity index (χ0) is 17.5. The Balaban J connectivity index is 2.24. The highest BCUT2D eigenvalue weighted by Crippen LogP contribution is 2.16. The number of carboxylic acids is 1. The second kappa shape index (κ2) is 7.92. The number of nitrogens with two attached hydrogens (primary N) is 2. The Morgan fingerprint density at radius 1 is 1.12 bits per heavy atom. The number of carboxylic acid groups (broad SMARTS) is 1. The van der Waals surface area contributed by atoms with Crippen molar-refractivity contribution in [3.8, 4) is 17.6 Å². The third kappa shape index (κ3) is 4.68. The van der Waals surface area contributed by atoms with Crippen molar-refractivity contribution in [3.63, 3.8) is 0 Å². The molecule has 0 aliphatic carbocycles. The molecule has 24 heavy (non-hydrogen) atoms. The van der Waals surface area contributed by atoms with Crippen LogP contribution >= 0.6 is 11.6 Å². The SMILES string of the molecule is NN/C(Oc1cccc(C#Cc2cccc(Cl)c2)c1)=C(\N)C(=O)O. The summed E-state index contributed by atoms with van der Waals surface area (Å²) in [6.45, 7) is 0. The number of halogens is 1. The van der Waals surface area contributed by atoms with E-state index in [1.165, 1.54) is 0 Å². The highest BCUT2D eigenvalue weighted by molar-refractivity contribution is 6.30. The van der Waals surface area contributed by atoms with Crippen molar-refractivity contribution in [2.45, 2.75) is 0 Å². The van der Waals surface area contributed by atoms with Gasteiger partial charge in [0, 0.05) is 16.1 Å². The van der Waals surface area contributed by atoms with Crippen LogP contribution in [0.4, 0.5) is 0 Å². The number of benzene rings is 2. The molecule has 2 aromatic carbocycles. The highest BCUT2D eigenvalue weighted by Gasteiger charge is 2.12. The Hall–Kier alpha value is -3.14. The van der Waals surface area contributed by atoms with Crippen LogP contribution < -0.4 is 21.7 Å². The lowest BCUT2D eigenvalue weighted by Crippen LogP contribution is -2.31. The van der Waals surface area contributed by atoms with E-state index in [0.29, 0.717) is 16.3 Å². The standard InChI is InChI=1S/C17H14ClN3O3/c18-13-5-1-3-11(9-13)7-8-12-4-2-6-14(10-12)24-16(21-20)15(19)17(22)23/h1-6,9-10,21H,19-20H2,(H,22,23)/b16-15+. The minimum Gasteiger partial charge on any atom is -0.476 e. The van der Waals surface area contributed by atoms with Crippen molar-refractivity contribution in [3.05, 3.63) is 76.3 Å². The molecule has 0 heterocycles. The van der Waals surface area contributed by atoms with Gasteiger partial charge in [0.2, 0.25) is 5.88 Å². The van der Waals surface area contributed by atoms with Crippen molar-refractivity contribution in [1.82, 2.24) is 5.43 Å². The van der Waals surface area contributed by atoms with E-state index in [1.807, 2.05) is 12.1 Å². The first-order valence-electron chi connectivity index (χ1n) is 6.75. The second-order valence-corrected chi connectivity index (χ2v) is 5.02. The van der Waals surface area contributed by atoms with E-state index in [4.69, 9.17) is 33.0 Å². The predicted octanol–water partition coefficient (Wildman–Crippen LogP) is 1.79. The van der Waals surface area contributed by atoms with Crippen LogP contribution in [0.1, 0.15) is 11.1 Å². The zero-order valence-corrected chi connectivity index (χ0v) is 13.2. The van der Waals surface area contributed by atoms with Crippen molar-refractivity contribution in [1.29, 1.82) is 0 Å². The van der Waals surface area contributed by atoms with E-state index in [-0.39, 0.29) is 5.88 Å². The minimum absolute atomic E-state index is 0.262. The molecule has 2 aromatic rings. The molecule has 0 radical (unpaired) electrons. The molecule has 0 aliphatic rings. The molecule has 0 unspecified atom stereocenters. The smallest absolute Gasteiger partial charge is 0.357 e.